The van der Waals surface area contributed by atoms with Gasteiger partial charge in [0, 0.05) is 46.4 Å². The molecule has 0 N–H and O–H groups in total. The lowest BCUT2D eigenvalue weighted by molar-refractivity contribution is 0.315. The van der Waals surface area contributed by atoms with E-state index in [0.717, 1.165) is 29.1 Å². The van der Waals surface area contributed by atoms with E-state index in [1.807, 2.05) is 36.7 Å². The zero-order valence-corrected chi connectivity index (χ0v) is 17.6. The molecule has 3 heterocycles. The number of pyridine rings is 1. The maximum Gasteiger partial charge on any atom is 0.148 e. The molecule has 3 aromatic heterocycles. The fraction of sp³-hybridized carbons (Fsp3) is 0.217. The third kappa shape index (κ3) is 4.28. The van der Waals surface area contributed by atoms with Crippen LogP contribution in [0.15, 0.2) is 60.9 Å². The lowest BCUT2D eigenvalue weighted by atomic mass is 10.1. The molecule has 29 heavy (non-hydrogen) atoms. The van der Waals surface area contributed by atoms with E-state index in [1.54, 1.807) is 28.2 Å². The van der Waals surface area contributed by atoms with Crippen molar-refractivity contribution in [2.24, 2.45) is 0 Å². The smallest absolute Gasteiger partial charge is 0.148 e. The lowest BCUT2D eigenvalue weighted by Crippen LogP contribution is -2.18. The summed E-state index contributed by atoms with van der Waals surface area (Å²) in [6.45, 7) is 5.62. The van der Waals surface area contributed by atoms with E-state index in [-0.39, 0.29) is 5.82 Å². The van der Waals surface area contributed by atoms with E-state index in [4.69, 9.17) is 5.10 Å². The van der Waals surface area contributed by atoms with Gasteiger partial charge in [-0.05, 0) is 51.2 Å². The Balaban J connectivity index is 1.71. The molecule has 4 nitrogen and oxygen atoms in total. The fourth-order valence-corrected chi connectivity index (χ4v) is 4.42. The van der Waals surface area contributed by atoms with Gasteiger partial charge in [0.25, 0.3) is 0 Å². The highest BCUT2D eigenvalue weighted by Crippen LogP contribution is 2.33. The largest absolute Gasteiger partial charge is 0.296 e. The van der Waals surface area contributed by atoms with Crippen LogP contribution in [-0.2, 0) is 13.1 Å². The maximum atomic E-state index is 14.4. The number of hydrogen-bond donors (Lipinski definition) is 0. The van der Waals surface area contributed by atoms with Gasteiger partial charge in [-0.1, -0.05) is 18.2 Å². The van der Waals surface area contributed by atoms with Crippen molar-refractivity contribution in [2.75, 3.05) is 7.05 Å². The normalized spacial score (nSPS) is 11.3. The molecular weight excluding hydrogens is 383 g/mol. The van der Waals surface area contributed by atoms with Gasteiger partial charge in [-0.25, -0.2) is 9.07 Å². The van der Waals surface area contributed by atoms with Gasteiger partial charge in [0.1, 0.15) is 11.5 Å². The molecule has 1 aromatic carbocycles. The van der Waals surface area contributed by atoms with Crippen LogP contribution in [0.3, 0.4) is 0 Å². The number of para-hydroxylation sites is 1. The highest BCUT2D eigenvalue weighted by atomic mass is 32.1. The number of halogens is 1. The van der Waals surface area contributed by atoms with Crippen molar-refractivity contribution in [3.05, 3.63) is 87.8 Å². The minimum absolute atomic E-state index is 0.284. The molecule has 148 valence electrons. The van der Waals surface area contributed by atoms with Gasteiger partial charge < -0.3 is 0 Å². The van der Waals surface area contributed by atoms with Crippen molar-refractivity contribution in [3.8, 4) is 16.9 Å². The van der Waals surface area contributed by atoms with Crippen LogP contribution in [0.4, 0.5) is 4.39 Å². The Bertz CT molecular complexity index is 1120. The third-order valence-electron chi connectivity index (χ3n) is 4.78. The molecule has 0 aliphatic carbocycles. The second-order valence-electron chi connectivity index (χ2n) is 7.22. The monoisotopic (exact) mass is 406 g/mol. The van der Waals surface area contributed by atoms with Gasteiger partial charge in [-0.15, -0.1) is 11.3 Å². The Morgan fingerprint density at radius 2 is 1.86 bits per heavy atom. The summed E-state index contributed by atoms with van der Waals surface area (Å²) in [5.74, 6) is -0.284. The number of aryl methyl sites for hydroxylation is 2. The maximum absolute atomic E-state index is 14.4. The Morgan fingerprint density at radius 1 is 1.07 bits per heavy atom. The van der Waals surface area contributed by atoms with E-state index in [1.165, 1.54) is 15.8 Å². The molecule has 0 aliphatic heterocycles. The molecular formula is C23H23FN4S. The van der Waals surface area contributed by atoms with E-state index in [0.29, 0.717) is 12.2 Å². The topological polar surface area (TPSA) is 34.0 Å². The van der Waals surface area contributed by atoms with Gasteiger partial charge in [-0.3, -0.25) is 9.88 Å². The van der Waals surface area contributed by atoms with Gasteiger partial charge in [0.05, 0.1) is 11.4 Å². The van der Waals surface area contributed by atoms with Gasteiger partial charge >= 0.3 is 0 Å². The van der Waals surface area contributed by atoms with Gasteiger partial charge in [0.2, 0.25) is 0 Å². The number of hydrogen-bond acceptors (Lipinski definition) is 4. The summed E-state index contributed by atoms with van der Waals surface area (Å²) in [6.07, 6.45) is 3.75. The molecule has 0 bridgehead atoms. The first kappa shape index (κ1) is 19.5. The molecule has 0 saturated carbocycles. The number of rotatable bonds is 6. The van der Waals surface area contributed by atoms with Crippen LogP contribution in [0.1, 0.15) is 21.0 Å². The van der Waals surface area contributed by atoms with Crippen LogP contribution in [0, 0.1) is 19.7 Å². The van der Waals surface area contributed by atoms with E-state index in [9.17, 15) is 4.39 Å². The van der Waals surface area contributed by atoms with Crippen LogP contribution >= 0.6 is 11.3 Å². The summed E-state index contributed by atoms with van der Waals surface area (Å²) >= 11 is 1.76. The molecule has 0 amide bonds. The van der Waals surface area contributed by atoms with Gasteiger partial charge in [0.15, 0.2) is 0 Å². The first-order valence-electron chi connectivity index (χ1n) is 9.50. The zero-order valence-electron chi connectivity index (χ0n) is 16.8. The van der Waals surface area contributed by atoms with Crippen LogP contribution < -0.4 is 0 Å². The molecule has 0 spiro atoms. The SMILES string of the molecule is Cc1cc(-c2nn(-c3ccccc3F)cc2CN(C)Cc2ccccn2)c(C)s1. The van der Waals surface area contributed by atoms with Crippen LogP contribution in [-0.4, -0.2) is 26.7 Å². The number of aromatic nitrogens is 3. The van der Waals surface area contributed by atoms with Crippen molar-refractivity contribution < 1.29 is 4.39 Å². The second-order valence-corrected chi connectivity index (χ2v) is 8.68. The van der Waals surface area contributed by atoms with Crippen molar-refractivity contribution >= 4 is 11.3 Å². The van der Waals surface area contributed by atoms with Gasteiger partial charge in [-0.2, -0.15) is 5.10 Å². The Labute approximate surface area is 174 Å². The minimum atomic E-state index is -0.284. The first-order chi connectivity index (χ1) is 14.0. The summed E-state index contributed by atoms with van der Waals surface area (Å²) in [6, 6.07) is 14.8. The fourth-order valence-electron chi connectivity index (χ4n) is 3.49. The van der Waals surface area contributed by atoms with Crippen molar-refractivity contribution in [2.45, 2.75) is 26.9 Å². The average Bonchev–Trinajstić information content (AvgIpc) is 3.25. The summed E-state index contributed by atoms with van der Waals surface area (Å²) in [5.41, 5.74) is 4.55. The Morgan fingerprint density at radius 3 is 2.55 bits per heavy atom. The van der Waals surface area contributed by atoms with Crippen LogP contribution in [0.5, 0.6) is 0 Å². The zero-order chi connectivity index (χ0) is 20.4. The Hall–Kier alpha value is -2.83. The number of nitrogens with zero attached hydrogens (tertiary/aromatic N) is 4. The third-order valence-corrected chi connectivity index (χ3v) is 5.75. The number of benzene rings is 1. The van der Waals surface area contributed by atoms with E-state index >= 15 is 0 Å². The molecule has 0 unspecified atom stereocenters. The summed E-state index contributed by atoms with van der Waals surface area (Å²) in [7, 11) is 2.06. The summed E-state index contributed by atoms with van der Waals surface area (Å²) < 4.78 is 16.0. The standard InChI is InChI=1S/C23H23FN4S/c1-16-12-20(17(2)29-16)23-18(13-27(3)15-19-8-6-7-11-25-19)14-28(26-23)22-10-5-4-9-21(22)24/h4-12,14H,13,15H2,1-3H3. The Kier molecular flexibility index (Phi) is 5.56. The molecule has 0 atom stereocenters. The first-order valence-corrected chi connectivity index (χ1v) is 10.3. The predicted molar refractivity (Wildman–Crippen MR) is 116 cm³/mol. The average molecular weight is 407 g/mol. The van der Waals surface area contributed by atoms with Crippen molar-refractivity contribution in [1.29, 1.82) is 0 Å². The molecule has 6 heteroatoms. The molecule has 0 fully saturated rings. The molecule has 0 aliphatic rings. The number of thiophene rings is 1. The molecule has 4 aromatic rings. The minimum Gasteiger partial charge on any atom is -0.296 e. The van der Waals surface area contributed by atoms with Crippen LogP contribution in [0.2, 0.25) is 0 Å². The predicted octanol–water partition coefficient (Wildman–Crippen LogP) is 5.38. The van der Waals surface area contributed by atoms with Crippen molar-refractivity contribution in [3.63, 3.8) is 0 Å². The van der Waals surface area contributed by atoms with Crippen LogP contribution in [0.25, 0.3) is 16.9 Å². The van der Waals surface area contributed by atoms with E-state index < -0.39 is 0 Å². The van der Waals surface area contributed by atoms with E-state index in [2.05, 4.69) is 36.8 Å². The molecule has 0 saturated heterocycles. The summed E-state index contributed by atoms with van der Waals surface area (Å²) in [5, 5.41) is 4.79. The second kappa shape index (κ2) is 8.27. The highest BCUT2D eigenvalue weighted by molar-refractivity contribution is 7.12. The molecule has 0 radical (unpaired) electrons. The lowest BCUT2D eigenvalue weighted by Gasteiger charge is -2.16. The van der Waals surface area contributed by atoms with Crippen molar-refractivity contribution in [1.82, 2.24) is 19.7 Å². The highest BCUT2D eigenvalue weighted by Gasteiger charge is 2.18. The quantitative estimate of drug-likeness (QED) is 0.431. The summed E-state index contributed by atoms with van der Waals surface area (Å²) in [4.78, 5) is 9.07. The molecule has 4 rings (SSSR count).